The van der Waals surface area contributed by atoms with Crippen LogP contribution in [0.3, 0.4) is 0 Å². The van der Waals surface area contributed by atoms with Gasteiger partial charge >= 0.3 is 0 Å². The third-order valence-corrected chi connectivity index (χ3v) is 5.81. The van der Waals surface area contributed by atoms with Crippen molar-refractivity contribution in [2.45, 2.75) is 17.6 Å². The van der Waals surface area contributed by atoms with Gasteiger partial charge in [0.1, 0.15) is 5.82 Å². The van der Waals surface area contributed by atoms with Crippen molar-refractivity contribution in [3.05, 3.63) is 65.9 Å². The Kier molecular flexibility index (Phi) is 6.79. The molecule has 1 aliphatic rings. The summed E-state index contributed by atoms with van der Waals surface area (Å²) in [5, 5.41) is 11.6. The number of piperazine rings is 1. The van der Waals surface area contributed by atoms with Crippen LogP contribution >= 0.6 is 11.8 Å². The summed E-state index contributed by atoms with van der Waals surface area (Å²) in [6.07, 6.45) is 0. The molecule has 4 rings (SSSR count). The molecule has 0 radical (unpaired) electrons. The zero-order valence-corrected chi connectivity index (χ0v) is 18.2. The van der Waals surface area contributed by atoms with Gasteiger partial charge in [-0.1, -0.05) is 30.0 Å². The Morgan fingerprint density at radius 3 is 2.44 bits per heavy atom. The van der Waals surface area contributed by atoms with E-state index < -0.39 is 5.76 Å². The van der Waals surface area contributed by atoms with Crippen LogP contribution in [0.1, 0.15) is 16.1 Å². The molecule has 0 unspecified atom stereocenters. The molecule has 1 aromatic carbocycles. The van der Waals surface area contributed by atoms with Crippen molar-refractivity contribution in [3.63, 3.8) is 0 Å². The van der Waals surface area contributed by atoms with E-state index in [1.165, 1.54) is 0 Å². The number of rotatable bonds is 6. The molecule has 0 aliphatic carbocycles. The average Bonchev–Trinajstić information content (AvgIpc) is 2.79. The predicted molar refractivity (Wildman–Crippen MR) is 121 cm³/mol. The number of nitrogens with one attached hydrogen (secondary N) is 1. The molecule has 1 amide bonds. The van der Waals surface area contributed by atoms with Crippen LogP contribution in [0, 0.1) is 6.92 Å². The molecule has 1 fully saturated rings. The quantitative estimate of drug-likeness (QED) is 0.557. The van der Waals surface area contributed by atoms with E-state index in [1.807, 2.05) is 42.2 Å². The molecular weight excluding hydrogens is 434 g/mol. The summed E-state index contributed by atoms with van der Waals surface area (Å²) >= 11 is 0.397. The second kappa shape index (κ2) is 9.90. The van der Waals surface area contributed by atoms with Crippen LogP contribution in [-0.4, -0.2) is 57.9 Å². The van der Waals surface area contributed by atoms with Crippen LogP contribution in [0.15, 0.2) is 59.5 Å². The lowest BCUT2D eigenvalue weighted by atomic mass is 10.2. The molecule has 3 aromatic rings. The van der Waals surface area contributed by atoms with Crippen LogP contribution in [0.25, 0.3) is 0 Å². The number of pyridine rings is 1. The maximum Gasteiger partial charge on any atom is 0.288 e. The van der Waals surface area contributed by atoms with Gasteiger partial charge in [0.25, 0.3) is 11.7 Å². The van der Waals surface area contributed by atoms with Gasteiger partial charge in [-0.3, -0.25) is 4.79 Å². The summed E-state index contributed by atoms with van der Waals surface area (Å²) < 4.78 is 25.6. The average molecular weight is 457 g/mol. The molecule has 1 aliphatic heterocycles. The Morgan fingerprint density at radius 2 is 1.75 bits per heavy atom. The first-order valence-electron chi connectivity index (χ1n) is 10.1. The summed E-state index contributed by atoms with van der Waals surface area (Å²) in [6.45, 7) is 4.02. The van der Waals surface area contributed by atoms with Crippen LogP contribution < -0.4 is 10.2 Å². The Labute approximate surface area is 188 Å². The number of hydrogen-bond acceptors (Lipinski definition) is 7. The summed E-state index contributed by atoms with van der Waals surface area (Å²) in [4.78, 5) is 21.3. The third-order valence-electron chi connectivity index (χ3n) is 5.02. The second-order valence-electron chi connectivity index (χ2n) is 7.22. The van der Waals surface area contributed by atoms with Gasteiger partial charge in [-0.2, -0.15) is 8.78 Å². The zero-order valence-electron chi connectivity index (χ0n) is 17.4. The minimum atomic E-state index is -2.57. The number of alkyl halides is 2. The lowest BCUT2D eigenvalue weighted by Crippen LogP contribution is -2.49. The molecule has 1 N–H and O–H groups in total. The van der Waals surface area contributed by atoms with Crippen molar-refractivity contribution < 1.29 is 13.6 Å². The third kappa shape index (κ3) is 5.31. The van der Waals surface area contributed by atoms with Crippen molar-refractivity contribution in [3.8, 4) is 0 Å². The molecule has 1 saturated heterocycles. The number of halogens is 2. The number of aryl methyl sites for hydroxylation is 1. The first kappa shape index (κ1) is 21.9. The van der Waals surface area contributed by atoms with E-state index in [0.717, 1.165) is 5.69 Å². The minimum absolute atomic E-state index is 0.232. The maximum absolute atomic E-state index is 12.9. The fourth-order valence-electron chi connectivity index (χ4n) is 3.46. The van der Waals surface area contributed by atoms with Gasteiger partial charge in [-0.05, 0) is 43.3 Å². The first-order valence-corrected chi connectivity index (χ1v) is 11.0. The molecule has 0 spiro atoms. The lowest BCUT2D eigenvalue weighted by Gasteiger charge is -2.35. The monoisotopic (exact) mass is 456 g/mol. The van der Waals surface area contributed by atoms with Gasteiger partial charge in [0.15, 0.2) is 11.6 Å². The van der Waals surface area contributed by atoms with Gasteiger partial charge in [0.2, 0.25) is 0 Å². The van der Waals surface area contributed by atoms with Gasteiger partial charge < -0.3 is 15.1 Å². The van der Waals surface area contributed by atoms with Crippen LogP contribution in [0.2, 0.25) is 0 Å². The highest BCUT2D eigenvalue weighted by molar-refractivity contribution is 7.99. The van der Waals surface area contributed by atoms with E-state index in [9.17, 15) is 13.6 Å². The topological polar surface area (TPSA) is 74.2 Å². The molecule has 0 saturated carbocycles. The van der Waals surface area contributed by atoms with E-state index in [0.29, 0.717) is 65.9 Å². The minimum Gasteiger partial charge on any atom is -0.352 e. The van der Waals surface area contributed by atoms with Gasteiger partial charge in [-0.15, -0.1) is 10.2 Å². The normalized spacial score (nSPS) is 14.0. The Bertz CT molecular complexity index is 1070. The van der Waals surface area contributed by atoms with E-state index in [2.05, 4.69) is 20.5 Å². The fraction of sp³-hybridized carbons (Fsp3) is 0.273. The summed E-state index contributed by atoms with van der Waals surface area (Å²) in [5.41, 5.74) is 1.22. The van der Waals surface area contributed by atoms with Gasteiger partial charge in [-0.25, -0.2) is 4.98 Å². The fourth-order valence-corrected chi connectivity index (χ4v) is 4.09. The molecule has 0 bridgehead atoms. The molecule has 166 valence electrons. The number of aromatic nitrogens is 3. The van der Waals surface area contributed by atoms with Crippen LogP contribution in [0.4, 0.5) is 26.2 Å². The number of hydrogen-bond donors (Lipinski definition) is 1. The van der Waals surface area contributed by atoms with Crippen LogP contribution in [0.5, 0.6) is 0 Å². The summed E-state index contributed by atoms with van der Waals surface area (Å²) in [5.74, 6) is -0.796. The number of amides is 1. The van der Waals surface area contributed by atoms with E-state index in [-0.39, 0.29) is 5.91 Å². The van der Waals surface area contributed by atoms with Crippen molar-refractivity contribution in [2.75, 3.05) is 36.4 Å². The highest BCUT2D eigenvalue weighted by atomic mass is 32.2. The second-order valence-corrected chi connectivity index (χ2v) is 8.25. The number of benzene rings is 1. The van der Waals surface area contributed by atoms with Crippen molar-refractivity contribution in [2.24, 2.45) is 0 Å². The van der Waals surface area contributed by atoms with Crippen molar-refractivity contribution >= 4 is 35.1 Å². The summed E-state index contributed by atoms with van der Waals surface area (Å²) in [7, 11) is 0. The lowest BCUT2D eigenvalue weighted by molar-refractivity contribution is 0.0743. The largest absolute Gasteiger partial charge is 0.352 e. The summed E-state index contributed by atoms with van der Waals surface area (Å²) in [6, 6.07) is 15.9. The highest BCUT2D eigenvalue weighted by Gasteiger charge is 2.25. The van der Waals surface area contributed by atoms with Gasteiger partial charge in [0, 0.05) is 36.8 Å². The number of carbonyl (C=O) groups is 1. The van der Waals surface area contributed by atoms with Crippen molar-refractivity contribution in [1.29, 1.82) is 0 Å². The van der Waals surface area contributed by atoms with Gasteiger partial charge in [0.05, 0.1) is 5.56 Å². The first-order chi connectivity index (χ1) is 15.5. The molecule has 0 atom stereocenters. The van der Waals surface area contributed by atoms with E-state index in [4.69, 9.17) is 0 Å². The number of carbonyl (C=O) groups excluding carboxylic acids is 1. The molecule has 32 heavy (non-hydrogen) atoms. The Morgan fingerprint density at radius 1 is 0.969 bits per heavy atom. The molecule has 2 aromatic heterocycles. The molecular formula is C22H22F2N6OS. The molecule has 7 nitrogen and oxygen atoms in total. The number of nitrogens with zero attached hydrogens (tertiary/aromatic N) is 5. The smallest absolute Gasteiger partial charge is 0.288 e. The Balaban J connectivity index is 1.36. The Hall–Kier alpha value is -3.27. The SMILES string of the molecule is Cc1cccc(Nc2ccc(N3CCN(C(=O)c4ccccc4SC(F)F)CC3)nn2)n1. The molecule has 3 heterocycles. The van der Waals surface area contributed by atoms with Crippen molar-refractivity contribution in [1.82, 2.24) is 20.1 Å². The zero-order chi connectivity index (χ0) is 22.5. The van der Waals surface area contributed by atoms with E-state index in [1.54, 1.807) is 29.2 Å². The number of thioether (sulfide) groups is 1. The van der Waals surface area contributed by atoms with E-state index >= 15 is 0 Å². The van der Waals surface area contributed by atoms with Crippen LogP contribution in [-0.2, 0) is 0 Å². The maximum atomic E-state index is 12.9. The molecule has 10 heteroatoms. The highest BCUT2D eigenvalue weighted by Crippen LogP contribution is 2.29. The predicted octanol–water partition coefficient (Wildman–Crippen LogP) is 4.20. The standard InChI is InChI=1S/C22H22F2N6OS/c1-15-5-4-8-18(25-15)26-19-9-10-20(28-27-19)29-11-13-30(14-12-29)21(31)16-6-2-3-7-17(16)32-22(23)24/h2-10,22H,11-14H2,1H3,(H,25,26,27). The number of anilines is 3.